The fourth-order valence-corrected chi connectivity index (χ4v) is 5.46. The van der Waals surface area contributed by atoms with Gasteiger partial charge in [0.2, 0.25) is 0 Å². The molecular weight excluding hydrogens is 532 g/mol. The number of benzene rings is 4. The normalized spacial score (nSPS) is 12.3. The van der Waals surface area contributed by atoms with Gasteiger partial charge in [-0.1, -0.05) is 91.0 Å². The van der Waals surface area contributed by atoms with Gasteiger partial charge in [0.05, 0.1) is 5.52 Å². The zero-order valence-corrected chi connectivity index (χ0v) is 22.7. The Morgan fingerprint density at radius 2 is 1.52 bits per heavy atom. The first-order valence-corrected chi connectivity index (χ1v) is 13.6. The van der Waals surface area contributed by atoms with Crippen LogP contribution in [0.4, 0.5) is 9.59 Å². The van der Waals surface area contributed by atoms with Crippen molar-refractivity contribution in [3.8, 4) is 11.1 Å². The van der Waals surface area contributed by atoms with Gasteiger partial charge < -0.3 is 19.9 Å². The van der Waals surface area contributed by atoms with Crippen LogP contribution in [0.15, 0.2) is 103 Å². The Bertz CT molecular complexity index is 1790. The molecular formula is C34H28N2O6. The van der Waals surface area contributed by atoms with Crippen molar-refractivity contribution in [3.05, 3.63) is 131 Å². The first-order chi connectivity index (χ1) is 20.5. The number of carboxylic acids is 1. The number of rotatable bonds is 8. The highest BCUT2D eigenvalue weighted by atomic mass is 16.6. The van der Waals surface area contributed by atoms with Crippen LogP contribution in [0.2, 0.25) is 0 Å². The SMILES string of the molecule is O=C(N[C@@H](Cc1cn(C(=O)OCc2ccccc2)c2ccccc12)C(=O)O)OCc1cccc2c1Cc1ccccc1-2. The number of ether oxygens (including phenoxy) is 2. The molecule has 0 saturated carbocycles. The highest BCUT2D eigenvalue weighted by molar-refractivity contribution is 5.92. The Morgan fingerprint density at radius 3 is 2.36 bits per heavy atom. The van der Waals surface area contributed by atoms with Crippen LogP contribution < -0.4 is 5.32 Å². The molecule has 210 valence electrons. The summed E-state index contributed by atoms with van der Waals surface area (Å²) in [5.74, 6) is -1.22. The van der Waals surface area contributed by atoms with Gasteiger partial charge in [-0.05, 0) is 51.4 Å². The highest BCUT2D eigenvalue weighted by Gasteiger charge is 2.25. The number of alkyl carbamates (subject to hydrolysis) is 1. The molecule has 1 heterocycles. The number of carboxylic acid groups (broad SMARTS) is 1. The van der Waals surface area contributed by atoms with E-state index >= 15 is 0 Å². The Morgan fingerprint density at radius 1 is 0.786 bits per heavy atom. The second-order valence-corrected chi connectivity index (χ2v) is 10.2. The molecule has 8 nitrogen and oxygen atoms in total. The number of carbonyl (C=O) groups is 3. The molecule has 0 fully saturated rings. The van der Waals surface area contributed by atoms with E-state index < -0.39 is 24.2 Å². The first kappa shape index (κ1) is 26.8. The fraction of sp³-hybridized carbons (Fsp3) is 0.147. The molecule has 0 radical (unpaired) electrons. The van der Waals surface area contributed by atoms with Crippen LogP contribution >= 0.6 is 0 Å². The number of fused-ring (bicyclic) bond motifs is 4. The summed E-state index contributed by atoms with van der Waals surface area (Å²) in [5, 5.41) is 13.1. The van der Waals surface area contributed by atoms with Crippen LogP contribution in [0.3, 0.4) is 0 Å². The monoisotopic (exact) mass is 560 g/mol. The molecule has 42 heavy (non-hydrogen) atoms. The fourth-order valence-electron chi connectivity index (χ4n) is 5.46. The molecule has 0 aliphatic heterocycles. The molecule has 0 unspecified atom stereocenters. The summed E-state index contributed by atoms with van der Waals surface area (Å²) in [7, 11) is 0. The van der Waals surface area contributed by atoms with E-state index in [0.29, 0.717) is 16.5 Å². The summed E-state index contributed by atoms with van der Waals surface area (Å²) in [6.45, 7) is 0.116. The molecule has 1 amide bonds. The van der Waals surface area contributed by atoms with Gasteiger partial charge in [-0.3, -0.25) is 4.57 Å². The molecule has 1 atom stereocenters. The molecule has 2 N–H and O–H groups in total. The summed E-state index contributed by atoms with van der Waals surface area (Å²) in [6, 6.07) is 29.3. The number of nitrogens with zero attached hydrogens (tertiary/aromatic N) is 1. The van der Waals surface area contributed by atoms with E-state index in [1.165, 1.54) is 15.7 Å². The lowest BCUT2D eigenvalue weighted by atomic mass is 10.0. The van der Waals surface area contributed by atoms with Crippen molar-refractivity contribution < 1.29 is 29.0 Å². The van der Waals surface area contributed by atoms with Gasteiger partial charge in [0.15, 0.2) is 0 Å². The minimum Gasteiger partial charge on any atom is -0.480 e. The zero-order valence-electron chi connectivity index (χ0n) is 22.7. The van der Waals surface area contributed by atoms with E-state index in [4.69, 9.17) is 9.47 Å². The summed E-state index contributed by atoms with van der Waals surface area (Å²) in [5.41, 5.74) is 7.50. The van der Waals surface area contributed by atoms with Crippen LogP contribution in [-0.2, 0) is 40.3 Å². The predicted molar refractivity (Wildman–Crippen MR) is 157 cm³/mol. The molecule has 4 aromatic carbocycles. The standard InChI is InChI=1S/C34H28N2O6/c37-32(38)30(35-33(39)41-21-24-12-8-15-28-26-13-5-4-11-23(26)17-29(24)28)18-25-19-36(31-16-7-6-14-27(25)31)34(40)42-20-22-9-2-1-3-10-22/h1-16,19,30H,17-18,20-21H2,(H,35,39)(H,37,38)/t30-/m0/s1. The summed E-state index contributed by atoms with van der Waals surface area (Å²) in [4.78, 5) is 37.9. The van der Waals surface area contributed by atoms with Crippen LogP contribution in [0.1, 0.15) is 27.8 Å². The van der Waals surface area contributed by atoms with Crippen molar-refractivity contribution in [2.24, 2.45) is 0 Å². The van der Waals surface area contributed by atoms with E-state index in [9.17, 15) is 19.5 Å². The number of hydrogen-bond donors (Lipinski definition) is 2. The van der Waals surface area contributed by atoms with Crippen molar-refractivity contribution >= 4 is 29.1 Å². The van der Waals surface area contributed by atoms with Gasteiger partial charge in [-0.25, -0.2) is 14.4 Å². The van der Waals surface area contributed by atoms with Gasteiger partial charge in [0.1, 0.15) is 19.3 Å². The molecule has 5 aromatic rings. The van der Waals surface area contributed by atoms with Crippen molar-refractivity contribution in [2.75, 3.05) is 0 Å². The van der Waals surface area contributed by atoms with Crippen LogP contribution in [0, 0.1) is 0 Å². The molecule has 1 aliphatic rings. The van der Waals surface area contributed by atoms with Gasteiger partial charge in [0.25, 0.3) is 0 Å². The maximum atomic E-state index is 13.0. The van der Waals surface area contributed by atoms with Gasteiger partial charge in [0, 0.05) is 18.0 Å². The average Bonchev–Trinajstić information content (AvgIpc) is 3.58. The van der Waals surface area contributed by atoms with Crippen molar-refractivity contribution in [3.63, 3.8) is 0 Å². The lowest BCUT2D eigenvalue weighted by molar-refractivity contribution is -0.139. The number of hydrogen-bond acceptors (Lipinski definition) is 5. The molecule has 0 spiro atoms. The first-order valence-electron chi connectivity index (χ1n) is 13.6. The molecule has 1 aliphatic carbocycles. The van der Waals surface area contributed by atoms with Gasteiger partial charge in [-0.15, -0.1) is 0 Å². The van der Waals surface area contributed by atoms with Crippen LogP contribution in [0.5, 0.6) is 0 Å². The summed E-state index contributed by atoms with van der Waals surface area (Å²) < 4.78 is 12.3. The van der Waals surface area contributed by atoms with Crippen molar-refractivity contribution in [1.29, 1.82) is 0 Å². The zero-order chi connectivity index (χ0) is 29.1. The molecule has 0 bridgehead atoms. The third-order valence-corrected chi connectivity index (χ3v) is 7.52. The van der Waals surface area contributed by atoms with Crippen molar-refractivity contribution in [2.45, 2.75) is 32.1 Å². The van der Waals surface area contributed by atoms with E-state index in [1.54, 1.807) is 30.5 Å². The largest absolute Gasteiger partial charge is 0.480 e. The lowest BCUT2D eigenvalue weighted by Crippen LogP contribution is -2.42. The Hall–Kier alpha value is -5.37. The molecule has 8 heteroatoms. The number of nitrogens with one attached hydrogen (secondary N) is 1. The maximum absolute atomic E-state index is 13.0. The second kappa shape index (κ2) is 11.6. The molecule has 1 aromatic heterocycles. The number of aliphatic carboxylic acids is 1. The molecule has 6 rings (SSSR count). The smallest absolute Gasteiger partial charge is 0.418 e. The van der Waals surface area contributed by atoms with Gasteiger partial charge in [-0.2, -0.15) is 0 Å². The average molecular weight is 561 g/mol. The maximum Gasteiger partial charge on any atom is 0.418 e. The lowest BCUT2D eigenvalue weighted by Gasteiger charge is -2.15. The number of aromatic nitrogens is 1. The second-order valence-electron chi connectivity index (χ2n) is 10.2. The quantitative estimate of drug-likeness (QED) is 0.226. The summed E-state index contributed by atoms with van der Waals surface area (Å²) >= 11 is 0. The van der Waals surface area contributed by atoms with E-state index in [1.807, 2.05) is 54.6 Å². The Kier molecular flexibility index (Phi) is 7.43. The summed E-state index contributed by atoms with van der Waals surface area (Å²) in [6.07, 6.45) is 0.841. The third kappa shape index (κ3) is 5.47. The third-order valence-electron chi connectivity index (χ3n) is 7.52. The van der Waals surface area contributed by atoms with E-state index in [2.05, 4.69) is 23.5 Å². The molecule has 0 saturated heterocycles. The van der Waals surface area contributed by atoms with Gasteiger partial charge >= 0.3 is 18.2 Å². The van der Waals surface area contributed by atoms with E-state index in [0.717, 1.165) is 28.7 Å². The van der Waals surface area contributed by atoms with Crippen LogP contribution in [0.25, 0.3) is 22.0 Å². The topological polar surface area (TPSA) is 107 Å². The van der Waals surface area contributed by atoms with E-state index in [-0.39, 0.29) is 19.6 Å². The highest BCUT2D eigenvalue weighted by Crippen LogP contribution is 2.38. The van der Waals surface area contributed by atoms with Crippen LogP contribution in [-0.4, -0.2) is 33.9 Å². The minimum absolute atomic E-state index is 0.0158. The number of amides is 1. The number of carbonyl (C=O) groups excluding carboxylic acids is 2. The predicted octanol–water partition coefficient (Wildman–Crippen LogP) is 6.32. The van der Waals surface area contributed by atoms with Crippen molar-refractivity contribution in [1.82, 2.24) is 9.88 Å². The number of para-hydroxylation sites is 1. The Balaban J connectivity index is 1.14. The Labute approximate surface area is 242 Å². The minimum atomic E-state index is -1.28.